The number of carbonyl (C=O) groups excluding carboxylic acids is 1. The third-order valence-electron chi connectivity index (χ3n) is 3.82. The van der Waals surface area contributed by atoms with E-state index >= 15 is 0 Å². The maximum absolute atomic E-state index is 12.5. The molecule has 21 heavy (non-hydrogen) atoms. The predicted molar refractivity (Wildman–Crippen MR) is 89.8 cm³/mol. The predicted octanol–water partition coefficient (Wildman–Crippen LogP) is 2.67. The van der Waals surface area contributed by atoms with Crippen LogP contribution in [0.4, 0.5) is 0 Å². The van der Waals surface area contributed by atoms with Crippen molar-refractivity contribution in [3.63, 3.8) is 0 Å². The van der Waals surface area contributed by atoms with Gasteiger partial charge in [0.15, 0.2) is 0 Å². The van der Waals surface area contributed by atoms with E-state index in [0.29, 0.717) is 6.54 Å². The molecule has 1 amide bonds. The van der Waals surface area contributed by atoms with E-state index in [9.17, 15) is 4.79 Å². The van der Waals surface area contributed by atoms with Gasteiger partial charge in [0.05, 0.1) is 5.92 Å². The summed E-state index contributed by atoms with van der Waals surface area (Å²) in [6.45, 7) is 7.04. The molecule has 0 radical (unpaired) electrons. The Labute approximate surface area is 133 Å². The summed E-state index contributed by atoms with van der Waals surface area (Å²) in [5, 5.41) is 3.31. The number of nitrogens with zero attached hydrogens (tertiary/aromatic N) is 1. The molecule has 0 bridgehead atoms. The molecule has 1 heterocycles. The quantitative estimate of drug-likeness (QED) is 0.820. The zero-order valence-electron chi connectivity index (χ0n) is 12.5. The average Bonchev–Trinajstić information content (AvgIpc) is 2.52. The number of piperidine rings is 1. The molecule has 1 N–H and O–H groups in total. The molecule has 1 fully saturated rings. The maximum atomic E-state index is 12.5. The lowest BCUT2D eigenvalue weighted by molar-refractivity contribution is -0.135. The van der Waals surface area contributed by atoms with Gasteiger partial charge < -0.3 is 10.2 Å². The van der Waals surface area contributed by atoms with Crippen LogP contribution in [-0.4, -0.2) is 37.0 Å². The minimum absolute atomic E-state index is 0. The van der Waals surface area contributed by atoms with Crippen LogP contribution in [0, 0.1) is 5.92 Å². The normalized spacial score (nSPS) is 17.6. The van der Waals surface area contributed by atoms with Crippen molar-refractivity contribution < 1.29 is 4.79 Å². The standard InChI is InChI=1S/C17H24N2O.ClH/c1-2-12-19(13-10-15-7-4-3-5-8-15)17(20)16-9-6-11-18-14-16;/h2-5,7-8,16,18H,1,6,9-14H2;1H. The second-order valence-corrected chi connectivity index (χ2v) is 5.35. The van der Waals surface area contributed by atoms with E-state index in [4.69, 9.17) is 0 Å². The molecule has 2 rings (SSSR count). The number of benzene rings is 1. The number of carbonyl (C=O) groups is 1. The van der Waals surface area contributed by atoms with Gasteiger partial charge in [0.1, 0.15) is 0 Å². The lowest BCUT2D eigenvalue weighted by Crippen LogP contribution is -2.43. The molecule has 1 aromatic carbocycles. The van der Waals surface area contributed by atoms with Crippen LogP contribution in [0.2, 0.25) is 0 Å². The molecule has 1 saturated heterocycles. The molecule has 0 saturated carbocycles. The van der Waals surface area contributed by atoms with Crippen molar-refractivity contribution in [3.05, 3.63) is 48.6 Å². The van der Waals surface area contributed by atoms with Gasteiger partial charge in [0, 0.05) is 19.6 Å². The van der Waals surface area contributed by atoms with Gasteiger partial charge in [0.25, 0.3) is 0 Å². The topological polar surface area (TPSA) is 32.3 Å². The minimum atomic E-state index is 0. The van der Waals surface area contributed by atoms with E-state index in [-0.39, 0.29) is 24.2 Å². The zero-order chi connectivity index (χ0) is 14.2. The third kappa shape index (κ3) is 5.52. The summed E-state index contributed by atoms with van der Waals surface area (Å²) in [6.07, 6.45) is 4.82. The van der Waals surface area contributed by atoms with Crippen molar-refractivity contribution in [1.82, 2.24) is 10.2 Å². The summed E-state index contributed by atoms with van der Waals surface area (Å²) in [5.41, 5.74) is 1.27. The number of amides is 1. The van der Waals surface area contributed by atoms with Crippen LogP contribution in [0.25, 0.3) is 0 Å². The van der Waals surface area contributed by atoms with Gasteiger partial charge in [0.2, 0.25) is 5.91 Å². The Hall–Kier alpha value is -1.32. The summed E-state index contributed by atoms with van der Waals surface area (Å²) in [4.78, 5) is 14.5. The van der Waals surface area contributed by atoms with Crippen molar-refractivity contribution in [3.8, 4) is 0 Å². The first-order valence-electron chi connectivity index (χ1n) is 7.45. The average molecular weight is 309 g/mol. The Kier molecular flexibility index (Phi) is 8.09. The highest BCUT2D eigenvalue weighted by Gasteiger charge is 2.24. The monoisotopic (exact) mass is 308 g/mol. The first-order chi connectivity index (χ1) is 9.81. The summed E-state index contributed by atoms with van der Waals surface area (Å²) >= 11 is 0. The second-order valence-electron chi connectivity index (χ2n) is 5.35. The van der Waals surface area contributed by atoms with Gasteiger partial charge >= 0.3 is 0 Å². The van der Waals surface area contributed by atoms with Gasteiger partial charge in [-0.25, -0.2) is 0 Å². The molecule has 1 aromatic rings. The number of hydrogen-bond acceptors (Lipinski definition) is 2. The van der Waals surface area contributed by atoms with Crippen LogP contribution in [0.1, 0.15) is 18.4 Å². The highest BCUT2D eigenvalue weighted by atomic mass is 35.5. The number of nitrogens with one attached hydrogen (secondary N) is 1. The van der Waals surface area contributed by atoms with Crippen LogP contribution in [0.3, 0.4) is 0 Å². The Balaban J connectivity index is 0.00000220. The molecule has 0 aromatic heterocycles. The van der Waals surface area contributed by atoms with E-state index in [1.165, 1.54) is 5.56 Å². The first kappa shape index (κ1) is 17.7. The van der Waals surface area contributed by atoms with Gasteiger partial charge in [-0.2, -0.15) is 0 Å². The molecule has 1 aliphatic rings. The van der Waals surface area contributed by atoms with E-state index in [0.717, 1.165) is 38.9 Å². The summed E-state index contributed by atoms with van der Waals surface area (Å²) in [7, 11) is 0. The molecule has 4 heteroatoms. The van der Waals surface area contributed by atoms with Crippen molar-refractivity contribution >= 4 is 18.3 Å². The van der Waals surface area contributed by atoms with Crippen molar-refractivity contribution in [2.24, 2.45) is 5.92 Å². The fraction of sp³-hybridized carbons (Fsp3) is 0.471. The van der Waals surface area contributed by atoms with Crippen molar-refractivity contribution in [2.45, 2.75) is 19.3 Å². The largest absolute Gasteiger partial charge is 0.338 e. The molecule has 116 valence electrons. The van der Waals surface area contributed by atoms with E-state index in [2.05, 4.69) is 24.0 Å². The fourth-order valence-corrected chi connectivity index (χ4v) is 2.68. The maximum Gasteiger partial charge on any atom is 0.227 e. The van der Waals surface area contributed by atoms with E-state index < -0.39 is 0 Å². The van der Waals surface area contributed by atoms with Gasteiger partial charge in [-0.05, 0) is 31.4 Å². The van der Waals surface area contributed by atoms with Crippen molar-refractivity contribution in [2.75, 3.05) is 26.2 Å². The lowest BCUT2D eigenvalue weighted by Gasteiger charge is -2.29. The second kappa shape index (κ2) is 9.59. The van der Waals surface area contributed by atoms with Crippen molar-refractivity contribution in [1.29, 1.82) is 0 Å². The molecule has 0 aliphatic carbocycles. The number of halogens is 1. The summed E-state index contributed by atoms with van der Waals surface area (Å²) in [5.74, 6) is 0.410. The number of hydrogen-bond donors (Lipinski definition) is 1. The lowest BCUT2D eigenvalue weighted by atomic mass is 9.98. The molecular weight excluding hydrogens is 284 g/mol. The molecule has 1 atom stereocenters. The minimum Gasteiger partial charge on any atom is -0.338 e. The van der Waals surface area contributed by atoms with E-state index in [1.807, 2.05) is 29.2 Å². The van der Waals surface area contributed by atoms with Crippen LogP contribution in [0.5, 0.6) is 0 Å². The molecular formula is C17H25ClN2O. The highest BCUT2D eigenvalue weighted by molar-refractivity contribution is 5.85. The molecule has 3 nitrogen and oxygen atoms in total. The Morgan fingerprint density at radius 2 is 2.14 bits per heavy atom. The van der Waals surface area contributed by atoms with Gasteiger partial charge in [-0.3, -0.25) is 4.79 Å². The molecule has 0 spiro atoms. The third-order valence-corrected chi connectivity index (χ3v) is 3.82. The Bertz CT molecular complexity index is 430. The Morgan fingerprint density at radius 1 is 1.38 bits per heavy atom. The zero-order valence-corrected chi connectivity index (χ0v) is 13.3. The summed E-state index contributed by atoms with van der Waals surface area (Å²) < 4.78 is 0. The highest BCUT2D eigenvalue weighted by Crippen LogP contribution is 2.14. The summed E-state index contributed by atoms with van der Waals surface area (Å²) in [6, 6.07) is 10.3. The van der Waals surface area contributed by atoms with Crippen LogP contribution in [-0.2, 0) is 11.2 Å². The molecule has 1 unspecified atom stereocenters. The SMILES string of the molecule is C=CCN(CCc1ccccc1)C(=O)C1CCCNC1.Cl. The smallest absolute Gasteiger partial charge is 0.227 e. The number of rotatable bonds is 6. The van der Waals surface area contributed by atoms with Gasteiger partial charge in [-0.15, -0.1) is 19.0 Å². The van der Waals surface area contributed by atoms with Gasteiger partial charge in [-0.1, -0.05) is 36.4 Å². The van der Waals surface area contributed by atoms with Crippen LogP contribution >= 0.6 is 12.4 Å². The van der Waals surface area contributed by atoms with E-state index in [1.54, 1.807) is 0 Å². The van der Waals surface area contributed by atoms with Crippen LogP contribution in [0.15, 0.2) is 43.0 Å². The van der Waals surface area contributed by atoms with Crippen LogP contribution < -0.4 is 5.32 Å². The first-order valence-corrected chi connectivity index (χ1v) is 7.45. The Morgan fingerprint density at radius 3 is 2.76 bits per heavy atom. The fourth-order valence-electron chi connectivity index (χ4n) is 2.68. The molecule has 1 aliphatic heterocycles.